The second kappa shape index (κ2) is 11.8. The lowest BCUT2D eigenvalue weighted by Crippen LogP contribution is -2.43. The van der Waals surface area contributed by atoms with E-state index >= 15 is 0 Å². The van der Waals surface area contributed by atoms with Crippen molar-refractivity contribution in [3.63, 3.8) is 0 Å². The van der Waals surface area contributed by atoms with Crippen LogP contribution >= 0.6 is 0 Å². The van der Waals surface area contributed by atoms with Crippen LogP contribution in [-0.4, -0.2) is 80.5 Å². The number of anilines is 1. The summed E-state index contributed by atoms with van der Waals surface area (Å²) >= 11 is 0. The van der Waals surface area contributed by atoms with Gasteiger partial charge in [0.2, 0.25) is 5.82 Å². The maximum absolute atomic E-state index is 12.3. The number of nitrogens with zero attached hydrogens (tertiary/aromatic N) is 5. The van der Waals surface area contributed by atoms with Crippen molar-refractivity contribution in [2.45, 2.75) is 58.5 Å². The van der Waals surface area contributed by atoms with Crippen molar-refractivity contribution in [3.05, 3.63) is 12.2 Å². The number of likely N-dealkylation sites (N-methyl/N-ethyl adjacent to an activating group) is 1. The minimum absolute atomic E-state index is 0.187. The van der Waals surface area contributed by atoms with Gasteiger partial charge >= 0.3 is 6.09 Å². The molecule has 2 aromatic heterocycles. The Morgan fingerprint density at radius 2 is 2.03 bits per heavy atom. The highest BCUT2D eigenvalue weighted by Crippen LogP contribution is 2.23. The summed E-state index contributed by atoms with van der Waals surface area (Å²) in [5, 5.41) is 12.7. The second-order valence-corrected chi connectivity index (χ2v) is 8.45. The largest absolute Gasteiger partial charge is 0.453 e. The zero-order chi connectivity index (χ0) is 25.5. The Morgan fingerprint density at radius 1 is 1.31 bits per heavy atom. The molecule has 0 aromatic carbocycles. The van der Waals surface area contributed by atoms with Gasteiger partial charge in [-0.15, -0.1) is 0 Å². The monoisotopic (exact) mass is 487 g/mol. The van der Waals surface area contributed by atoms with E-state index in [1.165, 1.54) is 20.4 Å². The first kappa shape index (κ1) is 26.2. The molecule has 2 aromatic rings. The topological polar surface area (TPSA) is 158 Å². The predicted octanol–water partition coefficient (Wildman–Crippen LogP) is 1.05. The Hall–Kier alpha value is -3.43. The van der Waals surface area contributed by atoms with Crippen molar-refractivity contribution >= 4 is 29.0 Å². The molecule has 1 fully saturated rings. The van der Waals surface area contributed by atoms with Gasteiger partial charge in [-0.05, 0) is 45.5 Å². The van der Waals surface area contributed by atoms with E-state index < -0.39 is 24.3 Å². The fraction of sp³-hybridized carbons (Fsp3) is 0.609. The lowest BCUT2D eigenvalue weighted by atomic mass is 9.94. The summed E-state index contributed by atoms with van der Waals surface area (Å²) in [6.45, 7) is 6.72. The van der Waals surface area contributed by atoms with Crippen molar-refractivity contribution in [3.8, 4) is 11.8 Å². The highest BCUT2D eigenvalue weighted by Gasteiger charge is 2.28. The Labute approximate surface area is 204 Å². The summed E-state index contributed by atoms with van der Waals surface area (Å²) < 4.78 is 12.2. The van der Waals surface area contributed by atoms with E-state index in [1.807, 2.05) is 0 Å². The van der Waals surface area contributed by atoms with Gasteiger partial charge in [0.15, 0.2) is 17.6 Å². The first-order chi connectivity index (χ1) is 16.7. The predicted molar refractivity (Wildman–Crippen MR) is 128 cm³/mol. The van der Waals surface area contributed by atoms with Crippen LogP contribution in [0.3, 0.4) is 0 Å². The molecule has 0 aliphatic carbocycles. The van der Waals surface area contributed by atoms with E-state index in [0.29, 0.717) is 43.1 Å². The smallest absolute Gasteiger partial charge is 0.409 e. The number of aliphatic hydroxyl groups excluding tert-OH is 1. The molecule has 0 spiro atoms. The van der Waals surface area contributed by atoms with Crippen LogP contribution in [0.5, 0.6) is 0 Å². The fourth-order valence-corrected chi connectivity index (χ4v) is 3.93. The van der Waals surface area contributed by atoms with Gasteiger partial charge < -0.3 is 30.5 Å². The number of hydrogen-bond acceptors (Lipinski definition) is 9. The summed E-state index contributed by atoms with van der Waals surface area (Å²) in [6.07, 6.45) is 0.809. The summed E-state index contributed by atoms with van der Waals surface area (Å²) in [5.74, 6) is 6.51. The summed E-state index contributed by atoms with van der Waals surface area (Å²) in [4.78, 5) is 38.6. The number of aliphatic hydroxyl groups is 1. The van der Waals surface area contributed by atoms with Gasteiger partial charge in [0, 0.05) is 26.1 Å². The Morgan fingerprint density at radius 3 is 2.66 bits per heavy atom. The molecule has 0 bridgehead atoms. The molecule has 35 heavy (non-hydrogen) atoms. The SMILES string of the molecule is CCNC(=O)[C@@H](O[C@H](C)n1cnc2c(N)nc(C#CCC3CCN(C(=O)OC)CC3)nc21)C(C)O. The molecule has 3 heterocycles. The van der Waals surface area contributed by atoms with Crippen molar-refractivity contribution < 1.29 is 24.2 Å². The van der Waals surface area contributed by atoms with Gasteiger partial charge in [0.05, 0.1) is 19.5 Å². The number of nitrogens with one attached hydrogen (secondary N) is 1. The third-order valence-electron chi connectivity index (χ3n) is 5.87. The van der Waals surface area contributed by atoms with Gasteiger partial charge in [-0.3, -0.25) is 9.36 Å². The number of fused-ring (bicyclic) bond motifs is 1. The van der Waals surface area contributed by atoms with E-state index in [0.717, 1.165) is 12.8 Å². The van der Waals surface area contributed by atoms with E-state index in [2.05, 4.69) is 32.1 Å². The summed E-state index contributed by atoms with van der Waals surface area (Å²) in [5.41, 5.74) is 6.90. The normalized spacial score (nSPS) is 16.8. The third-order valence-corrected chi connectivity index (χ3v) is 5.87. The fourth-order valence-electron chi connectivity index (χ4n) is 3.93. The molecule has 12 heteroatoms. The van der Waals surface area contributed by atoms with Gasteiger partial charge in [-0.2, -0.15) is 0 Å². The molecule has 3 rings (SSSR count). The highest BCUT2D eigenvalue weighted by molar-refractivity contribution is 5.82. The van der Waals surface area contributed by atoms with Crippen LogP contribution in [0.25, 0.3) is 11.2 Å². The Kier molecular flexibility index (Phi) is 8.84. The minimum atomic E-state index is -1.06. The van der Waals surface area contributed by atoms with Crippen LogP contribution in [0.2, 0.25) is 0 Å². The van der Waals surface area contributed by atoms with Crippen LogP contribution in [0.4, 0.5) is 10.6 Å². The number of nitrogen functional groups attached to an aromatic ring is 1. The molecule has 1 aliphatic heterocycles. The van der Waals surface area contributed by atoms with Crippen LogP contribution in [0.1, 0.15) is 52.1 Å². The van der Waals surface area contributed by atoms with Gasteiger partial charge in [0.1, 0.15) is 11.7 Å². The number of ether oxygens (including phenoxy) is 2. The molecule has 4 N–H and O–H groups in total. The van der Waals surface area contributed by atoms with Crippen LogP contribution in [-0.2, 0) is 14.3 Å². The van der Waals surface area contributed by atoms with Crippen molar-refractivity contribution in [2.24, 2.45) is 5.92 Å². The maximum Gasteiger partial charge on any atom is 0.409 e. The number of carbonyl (C=O) groups excluding carboxylic acids is 2. The van der Waals surface area contributed by atoms with Gasteiger partial charge in [-0.1, -0.05) is 5.92 Å². The van der Waals surface area contributed by atoms with Crippen LogP contribution in [0.15, 0.2) is 6.33 Å². The molecule has 12 nitrogen and oxygen atoms in total. The first-order valence-electron chi connectivity index (χ1n) is 11.7. The van der Waals surface area contributed by atoms with E-state index in [4.69, 9.17) is 15.2 Å². The van der Waals surface area contributed by atoms with Crippen molar-refractivity contribution in [2.75, 3.05) is 32.5 Å². The number of imidazole rings is 1. The molecular weight excluding hydrogens is 454 g/mol. The molecule has 1 saturated heterocycles. The minimum Gasteiger partial charge on any atom is -0.453 e. The number of aromatic nitrogens is 4. The van der Waals surface area contributed by atoms with Gasteiger partial charge in [0.25, 0.3) is 5.91 Å². The highest BCUT2D eigenvalue weighted by atomic mass is 16.5. The molecule has 0 radical (unpaired) electrons. The molecule has 190 valence electrons. The second-order valence-electron chi connectivity index (χ2n) is 8.45. The number of carbonyl (C=O) groups is 2. The van der Waals surface area contributed by atoms with Crippen LogP contribution in [0, 0.1) is 17.8 Å². The number of likely N-dealkylation sites (tertiary alicyclic amines) is 1. The maximum atomic E-state index is 12.3. The quantitative estimate of drug-likeness (QED) is 0.485. The number of hydrogen-bond donors (Lipinski definition) is 3. The lowest BCUT2D eigenvalue weighted by Gasteiger charge is -2.29. The molecule has 3 atom stereocenters. The average Bonchev–Trinajstić information content (AvgIpc) is 3.27. The third kappa shape index (κ3) is 6.37. The molecule has 1 aliphatic rings. The number of piperidine rings is 1. The standard InChI is InChI=1S/C23H33N7O5/c1-5-25-22(32)19(14(2)31)35-15(3)30-13-26-18-20(24)27-17(28-21(18)30)8-6-7-16-9-11-29(12-10-16)23(33)34-4/h13-16,19,31H,5,7,9-12H2,1-4H3,(H,25,32)(H2,24,27,28)/t14?,15-,19+/m1/s1. The van der Waals surface area contributed by atoms with E-state index in [9.17, 15) is 14.7 Å². The molecule has 1 unspecified atom stereocenters. The van der Waals surface area contributed by atoms with E-state index in [-0.39, 0.29) is 17.7 Å². The average molecular weight is 488 g/mol. The summed E-state index contributed by atoms with van der Waals surface area (Å²) in [7, 11) is 1.38. The van der Waals surface area contributed by atoms with Crippen molar-refractivity contribution in [1.82, 2.24) is 29.7 Å². The summed E-state index contributed by atoms with van der Waals surface area (Å²) in [6, 6.07) is 0. The Bertz CT molecular complexity index is 1100. The first-order valence-corrected chi connectivity index (χ1v) is 11.7. The van der Waals surface area contributed by atoms with Crippen molar-refractivity contribution in [1.29, 1.82) is 0 Å². The number of amides is 2. The zero-order valence-electron chi connectivity index (χ0n) is 20.5. The van der Waals surface area contributed by atoms with E-state index in [1.54, 1.807) is 23.3 Å². The Balaban J connectivity index is 1.72. The molecular formula is C23H33N7O5. The number of nitrogens with two attached hydrogens (primary N) is 1. The molecule has 0 saturated carbocycles. The zero-order valence-corrected chi connectivity index (χ0v) is 20.5. The lowest BCUT2D eigenvalue weighted by molar-refractivity contribution is -0.150. The number of rotatable bonds is 7. The van der Waals surface area contributed by atoms with Crippen LogP contribution < -0.4 is 11.1 Å². The molecule has 2 amide bonds. The number of methoxy groups -OCH3 is 1. The van der Waals surface area contributed by atoms with Gasteiger partial charge in [-0.25, -0.2) is 19.7 Å².